The van der Waals surface area contributed by atoms with Crippen LogP contribution < -0.4 is 4.74 Å². The molecular formula is C22H27N3O2. The third-order valence-corrected chi connectivity index (χ3v) is 5.78. The highest BCUT2D eigenvalue weighted by Crippen LogP contribution is 2.34. The zero-order valence-corrected chi connectivity index (χ0v) is 15.9. The van der Waals surface area contributed by atoms with Gasteiger partial charge in [0.1, 0.15) is 17.6 Å². The van der Waals surface area contributed by atoms with Gasteiger partial charge in [-0.15, -0.1) is 0 Å². The van der Waals surface area contributed by atoms with E-state index in [0.717, 1.165) is 62.3 Å². The lowest BCUT2D eigenvalue weighted by Gasteiger charge is -2.31. The van der Waals surface area contributed by atoms with Crippen LogP contribution in [0.1, 0.15) is 37.3 Å². The predicted molar refractivity (Wildman–Crippen MR) is 105 cm³/mol. The number of fused-ring (bicyclic) bond motifs is 1. The predicted octanol–water partition coefficient (Wildman–Crippen LogP) is 4.39. The van der Waals surface area contributed by atoms with Crippen molar-refractivity contribution in [3.8, 4) is 5.75 Å². The molecule has 1 aromatic carbocycles. The fourth-order valence-electron chi connectivity index (χ4n) is 4.07. The van der Waals surface area contributed by atoms with Crippen molar-refractivity contribution < 1.29 is 9.15 Å². The van der Waals surface area contributed by atoms with Gasteiger partial charge >= 0.3 is 0 Å². The van der Waals surface area contributed by atoms with Crippen LogP contribution in [0.2, 0.25) is 0 Å². The molecule has 3 heterocycles. The Balaban J connectivity index is 1.22. The summed E-state index contributed by atoms with van der Waals surface area (Å²) in [4.78, 5) is 6.72. The molecule has 2 aromatic heterocycles. The molecule has 5 rings (SSSR count). The van der Waals surface area contributed by atoms with Crippen LogP contribution in [0.5, 0.6) is 5.75 Å². The quantitative estimate of drug-likeness (QED) is 0.650. The molecular weight excluding hydrogens is 338 g/mol. The maximum absolute atomic E-state index is 6.43. The Hall–Kier alpha value is -2.27. The molecule has 0 amide bonds. The van der Waals surface area contributed by atoms with Crippen LogP contribution in [0.25, 0.3) is 10.9 Å². The normalized spacial score (nSPS) is 19.0. The molecule has 0 N–H and O–H groups in total. The Morgan fingerprint density at radius 3 is 2.74 bits per heavy atom. The zero-order valence-electron chi connectivity index (χ0n) is 15.9. The number of benzene rings is 1. The van der Waals surface area contributed by atoms with Crippen LogP contribution in [0, 0.1) is 12.8 Å². The summed E-state index contributed by atoms with van der Waals surface area (Å²) < 4.78 is 14.4. The van der Waals surface area contributed by atoms with Gasteiger partial charge in [0.15, 0.2) is 0 Å². The minimum absolute atomic E-state index is 0.282. The summed E-state index contributed by atoms with van der Waals surface area (Å²) in [6.07, 6.45) is 9.13. The van der Waals surface area contributed by atoms with Gasteiger partial charge in [-0.25, -0.2) is 4.98 Å². The molecule has 142 valence electrons. The molecule has 0 atom stereocenters. The number of hydrogen-bond acceptors (Lipinski definition) is 4. The largest absolute Gasteiger partial charge is 0.490 e. The number of rotatable bonds is 6. The van der Waals surface area contributed by atoms with E-state index in [1.54, 1.807) is 6.20 Å². The molecule has 0 radical (unpaired) electrons. The van der Waals surface area contributed by atoms with Gasteiger partial charge in [-0.2, -0.15) is 0 Å². The number of aromatic nitrogens is 2. The summed E-state index contributed by atoms with van der Waals surface area (Å²) in [5.74, 6) is 3.60. The molecule has 1 aliphatic heterocycles. The molecule has 0 bridgehead atoms. The number of likely N-dealkylation sites (tertiary alicyclic amines) is 1. The van der Waals surface area contributed by atoms with Crippen molar-refractivity contribution in [2.24, 2.45) is 5.92 Å². The minimum Gasteiger partial charge on any atom is -0.490 e. The van der Waals surface area contributed by atoms with Gasteiger partial charge in [0.25, 0.3) is 0 Å². The molecule has 2 aliphatic rings. The van der Waals surface area contributed by atoms with E-state index >= 15 is 0 Å². The molecule has 0 spiro atoms. The Morgan fingerprint density at radius 2 is 2.00 bits per heavy atom. The van der Waals surface area contributed by atoms with Crippen molar-refractivity contribution in [3.63, 3.8) is 0 Å². The second-order valence-corrected chi connectivity index (χ2v) is 8.06. The highest BCUT2D eigenvalue weighted by Gasteiger charge is 2.24. The number of aryl methyl sites for hydroxylation is 1. The van der Waals surface area contributed by atoms with Crippen molar-refractivity contribution in [1.29, 1.82) is 0 Å². The van der Waals surface area contributed by atoms with Gasteiger partial charge in [0, 0.05) is 31.2 Å². The van der Waals surface area contributed by atoms with Crippen LogP contribution in [0.15, 0.2) is 41.1 Å². The molecule has 1 saturated heterocycles. The first-order chi connectivity index (χ1) is 13.2. The van der Waals surface area contributed by atoms with Gasteiger partial charge in [-0.05, 0) is 56.7 Å². The van der Waals surface area contributed by atoms with Gasteiger partial charge in [-0.1, -0.05) is 6.07 Å². The number of hydrogen-bond donors (Lipinski definition) is 0. The topological polar surface area (TPSA) is 43.4 Å². The molecule has 5 nitrogen and oxygen atoms in total. The first-order valence-electron chi connectivity index (χ1n) is 10.1. The number of nitrogens with zero attached hydrogens (tertiary/aromatic N) is 3. The first kappa shape index (κ1) is 16.9. The molecule has 27 heavy (non-hydrogen) atoms. The lowest BCUT2D eigenvalue weighted by Crippen LogP contribution is -2.37. The standard InChI is InChI=1S/C22H27N3O2/c1-16-13-23-22(26-16)15-24-10-7-18(8-11-24)27-21-4-2-3-20-19(21)9-12-25(20)14-17-5-6-17/h2-4,9,12-13,17-18H,5-8,10-11,14-15H2,1H3. The zero-order chi connectivity index (χ0) is 18.2. The molecule has 3 aromatic rings. The van der Waals surface area contributed by atoms with Crippen molar-refractivity contribution >= 4 is 10.9 Å². The SMILES string of the molecule is Cc1cnc(CN2CCC(Oc3cccc4c3ccn4CC3CC3)CC2)o1. The Morgan fingerprint density at radius 1 is 1.15 bits per heavy atom. The van der Waals surface area contributed by atoms with E-state index in [-0.39, 0.29) is 6.10 Å². The summed E-state index contributed by atoms with van der Waals surface area (Å²) >= 11 is 0. The fraction of sp³-hybridized carbons (Fsp3) is 0.500. The Labute approximate surface area is 159 Å². The van der Waals surface area contributed by atoms with Crippen LogP contribution >= 0.6 is 0 Å². The summed E-state index contributed by atoms with van der Waals surface area (Å²) in [6.45, 7) is 5.91. The summed E-state index contributed by atoms with van der Waals surface area (Å²) in [5.41, 5.74) is 1.30. The fourth-order valence-corrected chi connectivity index (χ4v) is 4.07. The van der Waals surface area contributed by atoms with E-state index < -0.39 is 0 Å². The monoisotopic (exact) mass is 365 g/mol. The number of oxazole rings is 1. The lowest BCUT2D eigenvalue weighted by atomic mass is 10.1. The van der Waals surface area contributed by atoms with Gasteiger partial charge in [0.05, 0.1) is 18.3 Å². The van der Waals surface area contributed by atoms with E-state index in [9.17, 15) is 0 Å². The lowest BCUT2D eigenvalue weighted by molar-refractivity contribution is 0.0927. The van der Waals surface area contributed by atoms with Crippen LogP contribution in [-0.4, -0.2) is 33.6 Å². The van der Waals surface area contributed by atoms with E-state index in [2.05, 4.69) is 44.9 Å². The molecule has 1 saturated carbocycles. The third kappa shape index (κ3) is 3.74. The molecule has 2 fully saturated rings. The Kier molecular flexibility index (Phi) is 4.40. The maximum Gasteiger partial charge on any atom is 0.208 e. The molecule has 1 aliphatic carbocycles. The second kappa shape index (κ2) is 7.04. The van der Waals surface area contributed by atoms with Crippen LogP contribution in [0.4, 0.5) is 0 Å². The van der Waals surface area contributed by atoms with E-state index in [1.165, 1.54) is 23.7 Å². The van der Waals surface area contributed by atoms with E-state index in [0.29, 0.717) is 0 Å². The average molecular weight is 365 g/mol. The highest BCUT2D eigenvalue weighted by atomic mass is 16.5. The van der Waals surface area contributed by atoms with Crippen LogP contribution in [0.3, 0.4) is 0 Å². The Bertz CT molecular complexity index is 917. The summed E-state index contributed by atoms with van der Waals surface area (Å²) in [6, 6.07) is 8.67. The number of ether oxygens (including phenoxy) is 1. The molecule has 0 unspecified atom stereocenters. The smallest absolute Gasteiger partial charge is 0.208 e. The highest BCUT2D eigenvalue weighted by molar-refractivity contribution is 5.86. The second-order valence-electron chi connectivity index (χ2n) is 8.06. The van der Waals surface area contributed by atoms with Crippen molar-refractivity contribution in [3.05, 3.63) is 48.3 Å². The summed E-state index contributed by atoms with van der Waals surface area (Å²) in [5, 5.41) is 1.25. The minimum atomic E-state index is 0.282. The van der Waals surface area contributed by atoms with Crippen molar-refractivity contribution in [2.75, 3.05) is 13.1 Å². The van der Waals surface area contributed by atoms with Crippen LogP contribution in [-0.2, 0) is 13.1 Å². The summed E-state index contributed by atoms with van der Waals surface area (Å²) in [7, 11) is 0. The number of piperidine rings is 1. The van der Waals surface area contributed by atoms with E-state index in [1.807, 2.05) is 6.92 Å². The maximum atomic E-state index is 6.43. The van der Waals surface area contributed by atoms with Crippen molar-refractivity contribution in [2.45, 2.75) is 51.8 Å². The molecule has 5 heteroatoms. The van der Waals surface area contributed by atoms with Gasteiger partial charge < -0.3 is 13.7 Å². The third-order valence-electron chi connectivity index (χ3n) is 5.78. The van der Waals surface area contributed by atoms with Crippen molar-refractivity contribution in [1.82, 2.24) is 14.5 Å². The van der Waals surface area contributed by atoms with Gasteiger partial charge in [-0.3, -0.25) is 4.90 Å². The van der Waals surface area contributed by atoms with Gasteiger partial charge in [0.2, 0.25) is 5.89 Å². The average Bonchev–Trinajstić information content (AvgIpc) is 3.26. The first-order valence-corrected chi connectivity index (χ1v) is 10.1. The van der Waals surface area contributed by atoms with E-state index in [4.69, 9.17) is 9.15 Å².